The number of methoxy groups -OCH3 is 2. The van der Waals surface area contributed by atoms with Gasteiger partial charge in [-0.1, -0.05) is 24.3 Å². The number of amides is 6. The van der Waals surface area contributed by atoms with Crippen molar-refractivity contribution in [3.8, 4) is 11.5 Å². The Hall–Kier alpha value is -4.85. The fourth-order valence-electron chi connectivity index (χ4n) is 7.80. The predicted molar refractivity (Wildman–Crippen MR) is 257 cm³/mol. The third-order valence-electron chi connectivity index (χ3n) is 11.2. The van der Waals surface area contributed by atoms with E-state index < -0.39 is 35.4 Å². The van der Waals surface area contributed by atoms with Crippen LogP contribution in [-0.4, -0.2) is 233 Å². The van der Waals surface area contributed by atoms with Crippen molar-refractivity contribution in [2.24, 2.45) is 34.4 Å². The molecule has 4 rings (SSSR count). The molecule has 2 aromatic carbocycles. The van der Waals surface area contributed by atoms with Crippen molar-refractivity contribution in [1.82, 2.24) is 39.2 Å². The number of rotatable bonds is 18. The molecular formula is C44H74Co2N14O10. The number of ether oxygens (including phenoxy) is 2. The summed E-state index contributed by atoms with van der Waals surface area (Å²) in [5, 5.41) is 0. The molecule has 2 aliphatic heterocycles. The van der Waals surface area contributed by atoms with Crippen LogP contribution < -0.4 is 43.9 Å². The number of benzene rings is 2. The van der Waals surface area contributed by atoms with Gasteiger partial charge in [-0.05, 0) is 35.4 Å². The van der Waals surface area contributed by atoms with E-state index in [9.17, 15) is 28.8 Å². The van der Waals surface area contributed by atoms with Crippen molar-refractivity contribution in [2.75, 3.05) is 158 Å². The molecule has 398 valence electrons. The van der Waals surface area contributed by atoms with Gasteiger partial charge in [0.05, 0.1) is 53.5 Å². The van der Waals surface area contributed by atoms with E-state index >= 15 is 0 Å². The smallest absolute Gasteiger partial charge is 0.231 e. The van der Waals surface area contributed by atoms with Gasteiger partial charge in [0.25, 0.3) is 0 Å². The molecule has 6 amide bonds. The molecule has 2 saturated heterocycles. The van der Waals surface area contributed by atoms with Crippen LogP contribution in [0.4, 0.5) is 0 Å². The van der Waals surface area contributed by atoms with Crippen LogP contribution in [0.5, 0.6) is 11.5 Å². The molecule has 2 radical (unpaired) electrons. The summed E-state index contributed by atoms with van der Waals surface area (Å²) in [4.78, 5) is 99.9. The summed E-state index contributed by atoms with van der Waals surface area (Å²) in [6.45, 7) is 12.0. The van der Waals surface area contributed by atoms with Gasteiger partial charge in [0, 0.05) is 161 Å². The molecule has 0 unspecified atom stereocenters. The minimum atomic E-state index is -0.422. The van der Waals surface area contributed by atoms with Crippen molar-refractivity contribution in [2.45, 2.75) is 13.1 Å². The molecule has 2 aliphatic rings. The first-order valence-electron chi connectivity index (χ1n) is 22.4. The zero-order valence-corrected chi connectivity index (χ0v) is 42.5. The Balaban J connectivity index is 0.00000128. The fraction of sp³-hybridized carbons (Fsp3) is 0.591. The first-order chi connectivity index (χ1) is 32.5. The summed E-state index contributed by atoms with van der Waals surface area (Å²) >= 11 is 0. The molecule has 2 fully saturated rings. The zero-order chi connectivity index (χ0) is 50.4. The number of hydrogen-bond acceptors (Lipinski definition) is 18. The number of hydrogen-bond donors (Lipinski definition) is 6. The van der Waals surface area contributed by atoms with E-state index in [1.165, 1.54) is 0 Å². The summed E-state index contributed by atoms with van der Waals surface area (Å²) in [6, 6.07) is 15.8. The van der Waals surface area contributed by atoms with E-state index in [0.717, 1.165) is 22.6 Å². The average molecular weight is 1080 g/mol. The Morgan fingerprint density at radius 2 is 0.557 bits per heavy atom. The van der Waals surface area contributed by atoms with Crippen molar-refractivity contribution >= 4 is 35.4 Å². The molecule has 12 N–H and O–H groups in total. The van der Waals surface area contributed by atoms with Crippen LogP contribution in [-0.2, 0) is 75.4 Å². The van der Waals surface area contributed by atoms with Crippen molar-refractivity contribution in [1.29, 1.82) is 0 Å². The summed E-state index contributed by atoms with van der Waals surface area (Å²) in [6.07, 6.45) is 0. The molecule has 2 aromatic rings. The second-order valence-electron chi connectivity index (χ2n) is 16.7. The van der Waals surface area contributed by atoms with E-state index in [1.807, 2.05) is 77.9 Å². The Morgan fingerprint density at radius 3 is 0.729 bits per heavy atom. The van der Waals surface area contributed by atoms with E-state index in [-0.39, 0.29) is 72.8 Å². The Morgan fingerprint density at radius 1 is 0.371 bits per heavy atom. The van der Waals surface area contributed by atoms with Crippen LogP contribution >= 0.6 is 0 Å². The van der Waals surface area contributed by atoms with Crippen LogP contribution in [0.3, 0.4) is 0 Å². The minimum Gasteiger partial charge on any atom is -0.497 e. The number of carbonyl (C=O) groups excluding carboxylic acids is 6. The van der Waals surface area contributed by atoms with Gasteiger partial charge >= 0.3 is 0 Å². The summed E-state index contributed by atoms with van der Waals surface area (Å²) < 4.78 is 10.7. The van der Waals surface area contributed by atoms with Crippen LogP contribution in [0, 0.1) is 9.93 Å². The molecule has 0 aliphatic carbocycles. The molecule has 26 heteroatoms. The van der Waals surface area contributed by atoms with Gasteiger partial charge in [0.15, 0.2) is 0 Å². The van der Waals surface area contributed by atoms with Crippen LogP contribution in [0.25, 0.3) is 0 Å². The van der Waals surface area contributed by atoms with Gasteiger partial charge in [0.1, 0.15) is 11.5 Å². The SMILES string of the molecule is COc1cccc(CN2CCN(CC(N)=O)CCN(CC(N)=O)CCN(CC(N)=O)CC2)c1.COc1cccc(CN2CCN(CC(N)=O)CCN(CC(N)=O)CCN(CC(N)=O)CC2)c1.O=O.[Co].[Co]. The molecule has 24 nitrogen and oxygen atoms in total. The van der Waals surface area contributed by atoms with Crippen molar-refractivity contribution < 1.29 is 71.8 Å². The van der Waals surface area contributed by atoms with Crippen molar-refractivity contribution in [3.63, 3.8) is 0 Å². The van der Waals surface area contributed by atoms with Crippen LogP contribution in [0.1, 0.15) is 11.1 Å². The summed E-state index contributed by atoms with van der Waals surface area (Å²) in [7, 11) is 3.28. The quantitative estimate of drug-likeness (QED) is 0.0825. The van der Waals surface area contributed by atoms with E-state index in [1.54, 1.807) is 14.2 Å². The molecule has 0 bridgehead atoms. The number of nitrogens with two attached hydrogens (primary N) is 6. The molecular weight excluding hydrogens is 1000 g/mol. The average Bonchev–Trinajstić information content (AvgIpc) is 3.28. The first kappa shape index (κ1) is 65.2. The maximum absolute atomic E-state index is 11.6. The van der Waals surface area contributed by atoms with Gasteiger partial charge in [0.2, 0.25) is 35.4 Å². The topological polar surface area (TPSA) is 337 Å². The first-order valence-corrected chi connectivity index (χ1v) is 22.4. The molecule has 0 saturated carbocycles. The maximum Gasteiger partial charge on any atom is 0.231 e. The van der Waals surface area contributed by atoms with E-state index in [2.05, 4.69) is 9.80 Å². The third kappa shape index (κ3) is 29.4. The van der Waals surface area contributed by atoms with Gasteiger partial charge in [-0.25, -0.2) is 0 Å². The van der Waals surface area contributed by atoms with Crippen LogP contribution in [0.15, 0.2) is 48.5 Å². The summed E-state index contributed by atoms with van der Waals surface area (Å²) in [5.41, 5.74) is 34.9. The molecule has 70 heavy (non-hydrogen) atoms. The number of nitrogens with zero attached hydrogens (tertiary/aromatic N) is 8. The predicted octanol–water partition coefficient (Wildman–Crippen LogP) is -4.19. The largest absolute Gasteiger partial charge is 0.497 e. The number of carbonyl (C=O) groups is 6. The third-order valence-corrected chi connectivity index (χ3v) is 11.2. The van der Waals surface area contributed by atoms with Gasteiger partial charge < -0.3 is 43.9 Å². The Kier molecular flexibility index (Phi) is 34.4. The second kappa shape index (κ2) is 37.0. The summed E-state index contributed by atoms with van der Waals surface area (Å²) in [5.74, 6) is -0.828. The minimum absolute atomic E-state index is 0. The van der Waals surface area contributed by atoms with Gasteiger partial charge in [-0.3, -0.25) is 68.0 Å². The normalized spacial score (nSPS) is 17.2. The van der Waals surface area contributed by atoms with Gasteiger partial charge in [-0.2, -0.15) is 0 Å². The van der Waals surface area contributed by atoms with Crippen LogP contribution in [0.2, 0.25) is 0 Å². The second-order valence-corrected chi connectivity index (χ2v) is 16.7. The molecule has 0 atom stereocenters. The number of primary amides is 6. The molecule has 0 spiro atoms. The van der Waals surface area contributed by atoms with Crippen molar-refractivity contribution in [3.05, 3.63) is 69.6 Å². The van der Waals surface area contributed by atoms with Gasteiger partial charge in [-0.15, -0.1) is 0 Å². The monoisotopic (exact) mass is 1080 g/mol. The standard InChI is InChI=1S/2C22H37N7O4.2Co.O2/c2*1-33-19-4-2-3-18(13-19)14-26-5-7-27(15-20(23)30)9-11-29(17-22(25)32)12-10-28(8-6-26)16-21(24)31;;;1-2/h2*2-4,13H,5-12,14-17H2,1H3,(H2,23,30)(H2,24,31)(H2,25,32);;;. The maximum atomic E-state index is 11.6. The Labute approximate surface area is 431 Å². The van der Waals surface area contributed by atoms with E-state index in [0.29, 0.717) is 118 Å². The Bertz CT molecular complexity index is 1680. The fourth-order valence-corrected chi connectivity index (χ4v) is 7.80. The molecule has 2 heterocycles. The molecule has 0 aromatic heterocycles. The van der Waals surface area contributed by atoms with E-state index in [4.69, 9.17) is 53.8 Å². The zero-order valence-electron chi connectivity index (χ0n) is 40.4.